The van der Waals surface area contributed by atoms with Crippen molar-refractivity contribution >= 4 is 17.2 Å². The van der Waals surface area contributed by atoms with Crippen LogP contribution in [0.2, 0.25) is 0 Å². The van der Waals surface area contributed by atoms with E-state index in [1.54, 1.807) is 29.5 Å². The minimum atomic E-state index is -0.248. The summed E-state index contributed by atoms with van der Waals surface area (Å²) in [5.74, 6) is -0.234. The topological polar surface area (TPSA) is 49.3 Å². The average molecular weight is 261 g/mol. The minimum Gasteiger partial charge on any atom is -0.507 e. The zero-order chi connectivity index (χ0) is 13.1. The van der Waals surface area contributed by atoms with Crippen LogP contribution in [-0.2, 0) is 6.54 Å². The van der Waals surface area contributed by atoms with Gasteiger partial charge in [0.15, 0.2) is 0 Å². The zero-order valence-electron chi connectivity index (χ0n) is 10.4. The fraction of sp³-hybridized carbons (Fsp3) is 0.214. The van der Waals surface area contributed by atoms with Crippen LogP contribution in [0, 0.1) is 13.8 Å². The third kappa shape index (κ3) is 2.71. The number of nitrogens with one attached hydrogen (secondary N) is 1. The molecule has 0 spiro atoms. The third-order valence-corrected chi connectivity index (χ3v) is 3.71. The molecule has 0 aliphatic carbocycles. The Hall–Kier alpha value is -1.81. The maximum Gasteiger partial charge on any atom is 0.255 e. The Morgan fingerprint density at radius 3 is 2.78 bits per heavy atom. The van der Waals surface area contributed by atoms with Gasteiger partial charge in [-0.1, -0.05) is 11.6 Å². The Bertz CT molecular complexity index is 575. The number of benzene rings is 1. The van der Waals surface area contributed by atoms with Gasteiger partial charge >= 0.3 is 0 Å². The molecular weight excluding hydrogens is 246 g/mol. The molecule has 0 radical (unpaired) electrons. The molecule has 1 aromatic heterocycles. The van der Waals surface area contributed by atoms with Crippen LogP contribution in [0.15, 0.2) is 29.0 Å². The van der Waals surface area contributed by atoms with Crippen molar-refractivity contribution in [3.8, 4) is 5.75 Å². The van der Waals surface area contributed by atoms with E-state index in [0.29, 0.717) is 12.1 Å². The fourth-order valence-corrected chi connectivity index (χ4v) is 2.53. The van der Waals surface area contributed by atoms with Gasteiger partial charge in [0.05, 0.1) is 5.56 Å². The van der Waals surface area contributed by atoms with E-state index in [1.807, 2.05) is 24.6 Å². The molecule has 2 aromatic rings. The molecule has 0 aliphatic heterocycles. The van der Waals surface area contributed by atoms with E-state index in [4.69, 9.17) is 0 Å². The Labute approximate surface area is 110 Å². The van der Waals surface area contributed by atoms with Gasteiger partial charge < -0.3 is 10.4 Å². The lowest BCUT2D eigenvalue weighted by Crippen LogP contribution is -2.23. The van der Waals surface area contributed by atoms with Crippen LogP contribution < -0.4 is 5.32 Å². The van der Waals surface area contributed by atoms with Crippen molar-refractivity contribution in [2.75, 3.05) is 0 Å². The second kappa shape index (κ2) is 5.23. The number of carbonyl (C=O) groups is 1. The van der Waals surface area contributed by atoms with E-state index in [0.717, 1.165) is 11.1 Å². The van der Waals surface area contributed by atoms with Gasteiger partial charge in [0.25, 0.3) is 5.91 Å². The van der Waals surface area contributed by atoms with E-state index in [-0.39, 0.29) is 11.7 Å². The smallest absolute Gasteiger partial charge is 0.255 e. The highest BCUT2D eigenvalue weighted by atomic mass is 32.1. The van der Waals surface area contributed by atoms with Crippen LogP contribution in [-0.4, -0.2) is 11.0 Å². The van der Waals surface area contributed by atoms with Gasteiger partial charge in [0.2, 0.25) is 0 Å². The summed E-state index contributed by atoms with van der Waals surface area (Å²) >= 11 is 1.62. The lowest BCUT2D eigenvalue weighted by atomic mass is 10.1. The van der Waals surface area contributed by atoms with E-state index in [9.17, 15) is 9.90 Å². The molecule has 0 saturated carbocycles. The van der Waals surface area contributed by atoms with Crippen LogP contribution in [0.3, 0.4) is 0 Å². The highest BCUT2D eigenvalue weighted by Crippen LogP contribution is 2.18. The van der Waals surface area contributed by atoms with Gasteiger partial charge in [-0.25, -0.2) is 0 Å². The second-order valence-corrected chi connectivity index (χ2v) is 5.03. The van der Waals surface area contributed by atoms with Crippen LogP contribution in [0.5, 0.6) is 5.75 Å². The quantitative estimate of drug-likeness (QED) is 0.892. The van der Waals surface area contributed by atoms with Crippen LogP contribution in [0.25, 0.3) is 0 Å². The monoisotopic (exact) mass is 261 g/mol. The first-order valence-corrected chi connectivity index (χ1v) is 6.61. The molecule has 0 bridgehead atoms. The number of aryl methyl sites for hydroxylation is 2. The lowest BCUT2D eigenvalue weighted by Gasteiger charge is -2.07. The number of hydrogen-bond donors (Lipinski definition) is 2. The van der Waals surface area contributed by atoms with Crippen molar-refractivity contribution in [2.45, 2.75) is 20.4 Å². The normalized spacial score (nSPS) is 10.3. The van der Waals surface area contributed by atoms with Crippen molar-refractivity contribution in [2.24, 2.45) is 0 Å². The van der Waals surface area contributed by atoms with Gasteiger partial charge in [-0.2, -0.15) is 11.3 Å². The number of aromatic hydroxyl groups is 1. The summed E-state index contributed by atoms with van der Waals surface area (Å²) in [7, 11) is 0. The summed E-state index contributed by atoms with van der Waals surface area (Å²) in [5.41, 5.74) is 3.56. The van der Waals surface area contributed by atoms with Crippen molar-refractivity contribution < 1.29 is 9.90 Å². The van der Waals surface area contributed by atoms with Gasteiger partial charge in [-0.05, 0) is 47.9 Å². The van der Waals surface area contributed by atoms with E-state index < -0.39 is 0 Å². The molecule has 0 unspecified atom stereocenters. The van der Waals surface area contributed by atoms with Crippen LogP contribution in [0.4, 0.5) is 0 Å². The molecule has 0 atom stereocenters. The van der Waals surface area contributed by atoms with Gasteiger partial charge in [0, 0.05) is 6.54 Å². The lowest BCUT2D eigenvalue weighted by molar-refractivity contribution is 0.0948. The summed E-state index contributed by atoms with van der Waals surface area (Å²) in [6, 6.07) is 5.00. The maximum atomic E-state index is 12.0. The number of phenolic OH excluding ortho intramolecular Hbond substituents is 1. The molecule has 94 valence electrons. The first-order chi connectivity index (χ1) is 8.58. The molecule has 0 saturated heterocycles. The SMILES string of the molecule is Cc1ccc(O)c(C(=O)NCc2cscc2C)c1. The molecular formula is C14H15NO2S. The molecule has 2 rings (SSSR count). The number of amides is 1. The molecule has 2 N–H and O–H groups in total. The highest BCUT2D eigenvalue weighted by molar-refractivity contribution is 7.08. The number of thiophene rings is 1. The molecule has 0 fully saturated rings. The molecule has 4 heteroatoms. The number of hydrogen-bond acceptors (Lipinski definition) is 3. The molecule has 1 amide bonds. The average Bonchev–Trinajstić information content (AvgIpc) is 2.75. The summed E-state index contributed by atoms with van der Waals surface area (Å²) in [5, 5.41) is 16.5. The molecule has 3 nitrogen and oxygen atoms in total. The van der Waals surface area contributed by atoms with Gasteiger partial charge in [-0.3, -0.25) is 4.79 Å². The Balaban J connectivity index is 2.08. The largest absolute Gasteiger partial charge is 0.507 e. The molecule has 1 heterocycles. The van der Waals surface area contributed by atoms with E-state index in [1.165, 1.54) is 5.56 Å². The fourth-order valence-electron chi connectivity index (χ4n) is 1.67. The van der Waals surface area contributed by atoms with Crippen molar-refractivity contribution in [1.82, 2.24) is 5.32 Å². The number of rotatable bonds is 3. The standard InChI is InChI=1S/C14H15NO2S/c1-9-3-4-13(16)12(5-9)14(17)15-6-11-8-18-7-10(11)2/h3-5,7-8,16H,6H2,1-2H3,(H,15,17). The first-order valence-electron chi connectivity index (χ1n) is 5.67. The highest BCUT2D eigenvalue weighted by Gasteiger charge is 2.11. The molecule has 1 aromatic carbocycles. The maximum absolute atomic E-state index is 12.0. The molecule has 18 heavy (non-hydrogen) atoms. The van der Waals surface area contributed by atoms with E-state index in [2.05, 4.69) is 5.32 Å². The Morgan fingerprint density at radius 1 is 1.33 bits per heavy atom. The molecule has 0 aliphatic rings. The second-order valence-electron chi connectivity index (χ2n) is 4.28. The van der Waals surface area contributed by atoms with Gasteiger partial charge in [-0.15, -0.1) is 0 Å². The predicted molar refractivity (Wildman–Crippen MR) is 73.1 cm³/mol. The summed E-state index contributed by atoms with van der Waals surface area (Å²) in [4.78, 5) is 12.0. The zero-order valence-corrected chi connectivity index (χ0v) is 11.2. The van der Waals surface area contributed by atoms with E-state index >= 15 is 0 Å². The van der Waals surface area contributed by atoms with Crippen LogP contribution in [0.1, 0.15) is 27.0 Å². The van der Waals surface area contributed by atoms with Crippen molar-refractivity contribution in [3.05, 3.63) is 51.2 Å². The first kappa shape index (κ1) is 12.6. The Kier molecular flexibility index (Phi) is 3.67. The van der Waals surface area contributed by atoms with Crippen molar-refractivity contribution in [3.63, 3.8) is 0 Å². The summed E-state index contributed by atoms with van der Waals surface area (Å²) in [6.07, 6.45) is 0. The summed E-state index contributed by atoms with van der Waals surface area (Å²) in [6.45, 7) is 4.39. The Morgan fingerprint density at radius 2 is 2.11 bits per heavy atom. The van der Waals surface area contributed by atoms with Crippen molar-refractivity contribution in [1.29, 1.82) is 0 Å². The third-order valence-electron chi connectivity index (χ3n) is 2.80. The summed E-state index contributed by atoms with van der Waals surface area (Å²) < 4.78 is 0. The van der Waals surface area contributed by atoms with Crippen LogP contribution >= 0.6 is 11.3 Å². The van der Waals surface area contributed by atoms with Gasteiger partial charge in [0.1, 0.15) is 5.75 Å². The predicted octanol–water partition coefficient (Wildman–Crippen LogP) is 3.00. The number of phenols is 1. The minimum absolute atomic E-state index is 0.0140. The number of carbonyl (C=O) groups excluding carboxylic acids is 1.